The van der Waals surface area contributed by atoms with E-state index in [9.17, 15) is 9.59 Å². The Hall–Kier alpha value is -2.70. The molecule has 27 heavy (non-hydrogen) atoms. The first kappa shape index (κ1) is 19.1. The summed E-state index contributed by atoms with van der Waals surface area (Å²) in [4.78, 5) is 24.1. The van der Waals surface area contributed by atoms with Crippen molar-refractivity contribution in [3.8, 4) is 11.5 Å². The maximum Gasteiger partial charge on any atom is 0.331 e. The third-order valence-corrected chi connectivity index (χ3v) is 4.27. The number of rotatable bonds is 5. The number of fused-ring (bicyclic) bond motifs is 1. The second-order valence-corrected chi connectivity index (χ2v) is 6.43. The lowest BCUT2D eigenvalue weighted by Crippen LogP contribution is -2.29. The van der Waals surface area contributed by atoms with E-state index < -0.39 is 18.0 Å². The third-order valence-electron chi connectivity index (χ3n) is 3.66. The van der Waals surface area contributed by atoms with Crippen molar-refractivity contribution in [1.82, 2.24) is 0 Å². The van der Waals surface area contributed by atoms with Crippen molar-refractivity contribution in [1.29, 1.82) is 0 Å². The molecule has 1 aliphatic heterocycles. The molecule has 0 saturated heterocycles. The molecule has 0 fully saturated rings. The first-order valence-corrected chi connectivity index (χ1v) is 8.73. The highest BCUT2D eigenvalue weighted by Crippen LogP contribution is 2.40. The molecule has 0 aliphatic carbocycles. The first-order chi connectivity index (χ1) is 12.9. The molecule has 2 aromatic carbocycles. The zero-order valence-corrected chi connectivity index (χ0v) is 15.7. The van der Waals surface area contributed by atoms with Gasteiger partial charge in [0.1, 0.15) is 0 Å². The quantitative estimate of drug-likeness (QED) is 0.590. The highest BCUT2D eigenvalue weighted by molar-refractivity contribution is 6.33. The summed E-state index contributed by atoms with van der Waals surface area (Å²) < 4.78 is 15.6. The van der Waals surface area contributed by atoms with E-state index in [0.29, 0.717) is 32.8 Å². The molecule has 0 radical (unpaired) electrons. The molecular weight excluding hydrogens is 393 g/mol. The number of anilines is 1. The predicted octanol–water partition coefficient (Wildman–Crippen LogP) is 4.31. The van der Waals surface area contributed by atoms with E-state index in [4.69, 9.17) is 37.4 Å². The molecular formula is C19H15Cl2NO5. The summed E-state index contributed by atoms with van der Waals surface area (Å²) in [7, 11) is 0. The molecule has 3 rings (SSSR count). The number of carbonyl (C=O) groups excluding carboxylic acids is 2. The number of ether oxygens (including phenoxy) is 3. The molecule has 0 aromatic heterocycles. The molecule has 0 saturated carbocycles. The molecule has 0 bridgehead atoms. The second kappa shape index (κ2) is 8.33. The summed E-state index contributed by atoms with van der Waals surface area (Å²) in [5.41, 5.74) is 1.08. The van der Waals surface area contributed by atoms with E-state index in [1.807, 2.05) is 0 Å². The highest BCUT2D eigenvalue weighted by atomic mass is 35.5. The number of hydrogen-bond acceptors (Lipinski definition) is 5. The number of nitrogens with one attached hydrogen (secondary N) is 1. The van der Waals surface area contributed by atoms with Crippen LogP contribution in [0.5, 0.6) is 11.5 Å². The summed E-state index contributed by atoms with van der Waals surface area (Å²) in [5, 5.41) is 3.38. The van der Waals surface area contributed by atoms with Gasteiger partial charge >= 0.3 is 5.97 Å². The lowest BCUT2D eigenvalue weighted by molar-refractivity contribution is -0.148. The van der Waals surface area contributed by atoms with Crippen LogP contribution in [0.25, 0.3) is 6.08 Å². The van der Waals surface area contributed by atoms with Crippen molar-refractivity contribution in [2.24, 2.45) is 0 Å². The van der Waals surface area contributed by atoms with E-state index in [0.717, 1.165) is 0 Å². The predicted molar refractivity (Wildman–Crippen MR) is 102 cm³/mol. The number of benzene rings is 2. The van der Waals surface area contributed by atoms with Gasteiger partial charge in [-0.25, -0.2) is 4.79 Å². The molecule has 1 atom stereocenters. The Labute approximate surface area is 165 Å². The van der Waals surface area contributed by atoms with E-state index in [1.165, 1.54) is 19.1 Å². The lowest BCUT2D eigenvalue weighted by atomic mass is 10.2. The number of para-hydroxylation sites is 1. The van der Waals surface area contributed by atoms with Crippen LogP contribution in [0.15, 0.2) is 42.5 Å². The van der Waals surface area contributed by atoms with Gasteiger partial charge < -0.3 is 19.5 Å². The molecule has 2 aromatic rings. The third kappa shape index (κ3) is 4.72. The van der Waals surface area contributed by atoms with Crippen LogP contribution in [-0.4, -0.2) is 24.8 Å². The van der Waals surface area contributed by atoms with Crippen LogP contribution in [-0.2, 0) is 14.3 Å². The fraction of sp³-hybridized carbons (Fsp3) is 0.158. The van der Waals surface area contributed by atoms with Gasteiger partial charge in [-0.3, -0.25) is 4.79 Å². The Balaban J connectivity index is 1.58. The van der Waals surface area contributed by atoms with Gasteiger partial charge in [0.25, 0.3) is 5.91 Å². The van der Waals surface area contributed by atoms with Crippen molar-refractivity contribution in [3.63, 3.8) is 0 Å². The topological polar surface area (TPSA) is 73.9 Å². The smallest absolute Gasteiger partial charge is 0.331 e. The number of halogens is 2. The molecule has 140 valence electrons. The summed E-state index contributed by atoms with van der Waals surface area (Å²) in [6.45, 7) is 1.57. The summed E-state index contributed by atoms with van der Waals surface area (Å²) in [5.74, 6) is -0.189. The standard InChI is InChI=1S/C19H15Cl2NO5/c1-11(19(24)22-15-5-3-2-4-13(15)20)27-17(23)7-6-12-8-14(21)18-16(9-12)25-10-26-18/h2-9,11H,10H2,1H3,(H,22,24)/b7-6+/t11-/m0/s1. The molecule has 0 spiro atoms. The Morgan fingerprint density at radius 2 is 1.96 bits per heavy atom. The Morgan fingerprint density at radius 1 is 1.19 bits per heavy atom. The Kier molecular flexibility index (Phi) is 5.88. The zero-order valence-electron chi connectivity index (χ0n) is 14.2. The highest BCUT2D eigenvalue weighted by Gasteiger charge is 2.19. The average molecular weight is 408 g/mol. The van der Waals surface area contributed by atoms with Gasteiger partial charge in [-0.15, -0.1) is 0 Å². The van der Waals surface area contributed by atoms with Gasteiger partial charge in [0.15, 0.2) is 17.6 Å². The van der Waals surface area contributed by atoms with Gasteiger partial charge in [-0.2, -0.15) is 0 Å². The van der Waals surface area contributed by atoms with Crippen LogP contribution >= 0.6 is 23.2 Å². The first-order valence-electron chi connectivity index (χ1n) is 7.97. The van der Waals surface area contributed by atoms with Gasteiger partial charge in [-0.05, 0) is 42.8 Å². The maximum atomic E-state index is 12.1. The van der Waals surface area contributed by atoms with E-state index >= 15 is 0 Å². The van der Waals surface area contributed by atoms with Crippen LogP contribution in [0, 0.1) is 0 Å². The van der Waals surface area contributed by atoms with Crippen LogP contribution in [0.2, 0.25) is 10.0 Å². The monoisotopic (exact) mass is 407 g/mol. The molecule has 6 nitrogen and oxygen atoms in total. The molecule has 1 amide bonds. The molecule has 0 unspecified atom stereocenters. The molecule has 1 N–H and O–H groups in total. The second-order valence-electron chi connectivity index (χ2n) is 5.62. The number of carbonyl (C=O) groups is 2. The molecule has 1 aliphatic rings. The number of hydrogen-bond donors (Lipinski definition) is 1. The Morgan fingerprint density at radius 3 is 2.74 bits per heavy atom. The fourth-order valence-corrected chi connectivity index (χ4v) is 2.77. The van der Waals surface area contributed by atoms with E-state index in [-0.39, 0.29) is 6.79 Å². The molecule has 1 heterocycles. The van der Waals surface area contributed by atoms with Crippen LogP contribution in [0.1, 0.15) is 12.5 Å². The van der Waals surface area contributed by atoms with E-state index in [2.05, 4.69) is 5.32 Å². The van der Waals surface area contributed by atoms with Crippen molar-refractivity contribution in [2.75, 3.05) is 12.1 Å². The minimum atomic E-state index is -1.00. The van der Waals surface area contributed by atoms with Gasteiger partial charge in [0.05, 0.1) is 15.7 Å². The Bertz CT molecular complexity index is 913. The SMILES string of the molecule is C[C@H](OC(=O)/C=C/c1cc(Cl)c2c(c1)OCO2)C(=O)Nc1ccccc1Cl. The van der Waals surface area contributed by atoms with Crippen LogP contribution < -0.4 is 14.8 Å². The molecule has 8 heteroatoms. The summed E-state index contributed by atoms with van der Waals surface area (Å²) in [6.07, 6.45) is 1.71. The summed E-state index contributed by atoms with van der Waals surface area (Å²) >= 11 is 12.1. The van der Waals surface area contributed by atoms with Gasteiger partial charge in [0, 0.05) is 6.08 Å². The summed E-state index contributed by atoms with van der Waals surface area (Å²) in [6, 6.07) is 10.1. The number of esters is 1. The van der Waals surface area contributed by atoms with Gasteiger partial charge in [0.2, 0.25) is 6.79 Å². The fourth-order valence-electron chi connectivity index (χ4n) is 2.31. The van der Waals surface area contributed by atoms with Crippen LogP contribution in [0.4, 0.5) is 5.69 Å². The zero-order chi connectivity index (χ0) is 19.4. The van der Waals surface area contributed by atoms with E-state index in [1.54, 1.807) is 36.4 Å². The van der Waals surface area contributed by atoms with Crippen molar-refractivity contribution < 1.29 is 23.8 Å². The number of amides is 1. The minimum Gasteiger partial charge on any atom is -0.454 e. The van der Waals surface area contributed by atoms with Crippen molar-refractivity contribution >= 4 is 46.8 Å². The lowest BCUT2D eigenvalue weighted by Gasteiger charge is -2.13. The van der Waals surface area contributed by atoms with Gasteiger partial charge in [-0.1, -0.05) is 35.3 Å². The largest absolute Gasteiger partial charge is 0.454 e. The van der Waals surface area contributed by atoms with Crippen molar-refractivity contribution in [3.05, 3.63) is 58.1 Å². The maximum absolute atomic E-state index is 12.1. The average Bonchev–Trinajstić information content (AvgIpc) is 3.11. The minimum absolute atomic E-state index is 0.0995. The van der Waals surface area contributed by atoms with Crippen molar-refractivity contribution in [2.45, 2.75) is 13.0 Å². The normalized spacial score (nSPS) is 13.4. The van der Waals surface area contributed by atoms with Crippen LogP contribution in [0.3, 0.4) is 0 Å².